The van der Waals surface area contributed by atoms with Gasteiger partial charge in [-0.15, -0.1) is 5.76 Å². The molecule has 0 saturated heterocycles. The first-order chi connectivity index (χ1) is 5.16. The van der Waals surface area contributed by atoms with Gasteiger partial charge in [0.15, 0.2) is 0 Å². The van der Waals surface area contributed by atoms with Crippen molar-refractivity contribution in [2.75, 3.05) is 0 Å². The van der Waals surface area contributed by atoms with E-state index in [2.05, 4.69) is 12.7 Å². The van der Waals surface area contributed by atoms with Crippen molar-refractivity contribution in [3.63, 3.8) is 0 Å². The SMILES string of the molecule is CCC([O-])=C1P=CC(C)=C1C. The summed E-state index contributed by atoms with van der Waals surface area (Å²) in [6.45, 7) is 5.98. The summed E-state index contributed by atoms with van der Waals surface area (Å²) in [7, 11) is 1.09. The van der Waals surface area contributed by atoms with Crippen molar-refractivity contribution in [2.45, 2.75) is 27.2 Å². The van der Waals surface area contributed by atoms with E-state index in [-0.39, 0.29) is 5.76 Å². The van der Waals surface area contributed by atoms with Gasteiger partial charge in [0.1, 0.15) is 0 Å². The Kier molecular flexibility index (Phi) is 2.51. The molecule has 0 N–H and O–H groups in total. The van der Waals surface area contributed by atoms with Gasteiger partial charge >= 0.3 is 0 Å². The molecule has 0 bridgehead atoms. The Labute approximate surface area is 69.2 Å². The zero-order chi connectivity index (χ0) is 8.43. The van der Waals surface area contributed by atoms with Gasteiger partial charge in [-0.25, -0.2) is 0 Å². The Morgan fingerprint density at radius 3 is 2.55 bits per heavy atom. The van der Waals surface area contributed by atoms with Crippen molar-refractivity contribution in [1.29, 1.82) is 0 Å². The van der Waals surface area contributed by atoms with Crippen LogP contribution in [0.15, 0.2) is 22.2 Å². The van der Waals surface area contributed by atoms with Gasteiger partial charge in [0.05, 0.1) is 0 Å². The highest BCUT2D eigenvalue weighted by Crippen LogP contribution is 2.33. The lowest BCUT2D eigenvalue weighted by Gasteiger charge is -2.12. The zero-order valence-corrected chi connectivity index (χ0v) is 8.03. The molecule has 60 valence electrons. The van der Waals surface area contributed by atoms with E-state index in [0.717, 1.165) is 13.5 Å². The largest absolute Gasteiger partial charge is 0.875 e. The van der Waals surface area contributed by atoms with Crippen LogP contribution in [0, 0.1) is 0 Å². The second kappa shape index (κ2) is 3.23. The molecule has 0 radical (unpaired) electrons. The van der Waals surface area contributed by atoms with Gasteiger partial charge in [-0.3, -0.25) is 0 Å². The summed E-state index contributed by atoms with van der Waals surface area (Å²) in [5.74, 6) is 2.38. The van der Waals surface area contributed by atoms with E-state index >= 15 is 0 Å². The molecule has 1 aliphatic rings. The van der Waals surface area contributed by atoms with Gasteiger partial charge in [0.25, 0.3) is 0 Å². The van der Waals surface area contributed by atoms with Crippen LogP contribution in [-0.2, 0) is 0 Å². The van der Waals surface area contributed by atoms with Crippen LogP contribution >= 0.6 is 8.20 Å². The van der Waals surface area contributed by atoms with E-state index in [4.69, 9.17) is 0 Å². The summed E-state index contributed by atoms with van der Waals surface area (Å²) in [5.41, 5.74) is 2.43. The minimum absolute atomic E-state index is 0.289. The van der Waals surface area contributed by atoms with Gasteiger partial charge in [0.2, 0.25) is 0 Å². The first kappa shape index (κ1) is 8.55. The van der Waals surface area contributed by atoms with Crippen LogP contribution in [0.2, 0.25) is 0 Å². The first-order valence-electron chi connectivity index (χ1n) is 3.79. The van der Waals surface area contributed by atoms with Crippen molar-refractivity contribution in [2.24, 2.45) is 0 Å². The van der Waals surface area contributed by atoms with E-state index in [1.807, 2.05) is 13.8 Å². The maximum Gasteiger partial charge on any atom is -0.00694 e. The number of rotatable bonds is 1. The molecule has 0 saturated carbocycles. The average Bonchev–Trinajstić information content (AvgIpc) is 2.32. The third-order valence-electron chi connectivity index (χ3n) is 1.92. The maximum atomic E-state index is 11.3. The van der Waals surface area contributed by atoms with Gasteiger partial charge < -0.3 is 5.11 Å². The van der Waals surface area contributed by atoms with Crippen LogP contribution in [0.5, 0.6) is 0 Å². The van der Waals surface area contributed by atoms with Crippen LogP contribution in [0.1, 0.15) is 27.2 Å². The monoisotopic (exact) mass is 167 g/mol. The molecule has 0 aliphatic carbocycles. The fourth-order valence-electron chi connectivity index (χ4n) is 0.990. The van der Waals surface area contributed by atoms with Gasteiger partial charge in [-0.05, 0) is 42.5 Å². The smallest absolute Gasteiger partial charge is 0.00694 e. The molecular weight excluding hydrogens is 155 g/mol. The molecule has 1 heterocycles. The van der Waals surface area contributed by atoms with Gasteiger partial charge in [-0.2, -0.15) is 0 Å². The fraction of sp³-hybridized carbons (Fsp3) is 0.444. The van der Waals surface area contributed by atoms with E-state index in [0.29, 0.717) is 6.42 Å². The van der Waals surface area contributed by atoms with Crippen LogP contribution in [-0.4, -0.2) is 5.80 Å². The van der Waals surface area contributed by atoms with Crippen molar-refractivity contribution in [1.82, 2.24) is 0 Å². The van der Waals surface area contributed by atoms with Crippen LogP contribution in [0.4, 0.5) is 0 Å². The summed E-state index contributed by atoms with van der Waals surface area (Å²) in [4.78, 5) is 0. The summed E-state index contributed by atoms with van der Waals surface area (Å²) < 4.78 is 0. The van der Waals surface area contributed by atoms with E-state index in [9.17, 15) is 5.11 Å². The minimum Gasteiger partial charge on any atom is -0.875 e. The fourth-order valence-corrected chi connectivity index (χ4v) is 2.18. The number of hydrogen-bond donors (Lipinski definition) is 0. The van der Waals surface area contributed by atoms with Crippen molar-refractivity contribution >= 4 is 14.0 Å². The summed E-state index contributed by atoms with van der Waals surface area (Å²) in [6, 6.07) is 0. The molecule has 0 aromatic heterocycles. The molecule has 1 aliphatic heterocycles. The molecule has 0 amide bonds. The molecule has 0 unspecified atom stereocenters. The highest BCUT2D eigenvalue weighted by molar-refractivity contribution is 7.45. The predicted octanol–water partition coefficient (Wildman–Crippen LogP) is 2.07. The third kappa shape index (κ3) is 1.54. The normalized spacial score (nSPS) is 22.8. The van der Waals surface area contributed by atoms with Crippen molar-refractivity contribution < 1.29 is 5.11 Å². The molecule has 0 spiro atoms. The van der Waals surface area contributed by atoms with Crippen LogP contribution in [0.25, 0.3) is 0 Å². The van der Waals surface area contributed by atoms with Crippen molar-refractivity contribution in [3.8, 4) is 0 Å². The molecule has 0 fully saturated rings. The highest BCUT2D eigenvalue weighted by atomic mass is 31.1. The summed E-state index contributed by atoms with van der Waals surface area (Å²) in [6.07, 6.45) is 0.626. The predicted molar refractivity (Wildman–Crippen MR) is 48.7 cm³/mol. The summed E-state index contributed by atoms with van der Waals surface area (Å²) >= 11 is 0. The summed E-state index contributed by atoms with van der Waals surface area (Å²) in [5, 5.41) is 12.3. The van der Waals surface area contributed by atoms with Crippen LogP contribution in [0.3, 0.4) is 0 Å². The number of allylic oxidation sites excluding steroid dienone is 4. The van der Waals surface area contributed by atoms with Crippen molar-refractivity contribution in [3.05, 3.63) is 22.2 Å². The Morgan fingerprint density at radius 1 is 1.55 bits per heavy atom. The molecular formula is C9H12OP-. The quantitative estimate of drug-likeness (QED) is 0.433. The molecule has 1 rings (SSSR count). The average molecular weight is 167 g/mol. The number of hydrogen-bond acceptors (Lipinski definition) is 1. The lowest BCUT2D eigenvalue weighted by atomic mass is 10.1. The Balaban J connectivity index is 3.05. The van der Waals surface area contributed by atoms with Gasteiger partial charge in [0, 0.05) is 0 Å². The Morgan fingerprint density at radius 2 is 2.18 bits per heavy atom. The maximum absolute atomic E-state index is 11.3. The zero-order valence-electron chi connectivity index (χ0n) is 7.14. The molecule has 0 atom stereocenters. The van der Waals surface area contributed by atoms with Gasteiger partial charge in [-0.1, -0.05) is 15.1 Å². The topological polar surface area (TPSA) is 23.1 Å². The molecule has 1 nitrogen and oxygen atoms in total. The first-order valence-corrected chi connectivity index (χ1v) is 4.75. The highest BCUT2D eigenvalue weighted by Gasteiger charge is 2.06. The van der Waals surface area contributed by atoms with Crippen LogP contribution < -0.4 is 5.11 Å². The second-order valence-corrected chi connectivity index (χ2v) is 3.66. The third-order valence-corrected chi connectivity index (χ3v) is 3.28. The van der Waals surface area contributed by atoms with E-state index in [1.165, 1.54) is 11.1 Å². The minimum atomic E-state index is 0.289. The Hall–Kier alpha value is -0.550. The lowest BCUT2D eigenvalue weighted by molar-refractivity contribution is -0.306. The van der Waals surface area contributed by atoms with E-state index < -0.39 is 0 Å². The standard InChI is InChI=1S/C9H13OP/c1-4-8(10)9-7(3)6(2)5-11-9/h5,10H,4H2,1-3H3/p-1. The molecule has 11 heavy (non-hydrogen) atoms. The molecule has 0 aromatic rings. The van der Waals surface area contributed by atoms with E-state index in [1.54, 1.807) is 0 Å². The molecule has 2 heteroatoms. The molecule has 0 aromatic carbocycles. The Bertz CT molecular complexity index is 259. The lowest BCUT2D eigenvalue weighted by Crippen LogP contribution is -2.04. The second-order valence-electron chi connectivity index (χ2n) is 2.69.